The summed E-state index contributed by atoms with van der Waals surface area (Å²) in [5.41, 5.74) is 0. The van der Waals surface area contributed by atoms with Gasteiger partial charge in [0, 0.05) is 38.5 Å². The Bertz CT molecular complexity index is 303. The summed E-state index contributed by atoms with van der Waals surface area (Å²) in [5.74, 6) is 0.797. The fourth-order valence-electron chi connectivity index (χ4n) is 3.01. The molecule has 2 fully saturated rings. The second-order valence-corrected chi connectivity index (χ2v) is 5.39. The molecule has 0 radical (unpaired) electrons. The monoisotopic (exact) mass is 252 g/mol. The zero-order chi connectivity index (χ0) is 13.0. The number of rotatable bonds is 2. The van der Waals surface area contributed by atoms with E-state index >= 15 is 0 Å². The molecule has 1 heterocycles. The first-order valence-corrected chi connectivity index (χ1v) is 7.29. The smallest absolute Gasteiger partial charge is 0.225 e. The molecule has 0 spiro atoms. The highest BCUT2D eigenvalue weighted by Gasteiger charge is 2.29. The minimum absolute atomic E-state index is 0.208. The predicted octanol–water partition coefficient (Wildman–Crippen LogP) is 1.65. The zero-order valence-corrected chi connectivity index (χ0v) is 11.4. The summed E-state index contributed by atoms with van der Waals surface area (Å²) in [7, 11) is 0. The van der Waals surface area contributed by atoms with Gasteiger partial charge in [0.25, 0.3) is 0 Å². The van der Waals surface area contributed by atoms with Crippen LogP contribution in [0.4, 0.5) is 0 Å². The highest BCUT2D eigenvalue weighted by atomic mass is 16.2. The topological polar surface area (TPSA) is 40.6 Å². The van der Waals surface area contributed by atoms with E-state index in [1.54, 1.807) is 0 Å². The van der Waals surface area contributed by atoms with Crippen molar-refractivity contribution in [1.82, 2.24) is 9.80 Å². The molecule has 1 aliphatic heterocycles. The summed E-state index contributed by atoms with van der Waals surface area (Å²) in [4.78, 5) is 27.7. The Kier molecular flexibility index (Phi) is 4.61. The van der Waals surface area contributed by atoms with E-state index in [1.165, 1.54) is 19.3 Å². The van der Waals surface area contributed by atoms with E-state index in [4.69, 9.17) is 0 Å². The molecule has 0 N–H and O–H groups in total. The van der Waals surface area contributed by atoms with Crippen molar-refractivity contribution in [1.29, 1.82) is 0 Å². The van der Waals surface area contributed by atoms with Crippen LogP contribution in [0.1, 0.15) is 45.4 Å². The van der Waals surface area contributed by atoms with Gasteiger partial charge in [-0.15, -0.1) is 0 Å². The summed E-state index contributed by atoms with van der Waals surface area (Å²) in [6, 6.07) is 0. The molecular weight excluding hydrogens is 228 g/mol. The first-order chi connectivity index (χ1) is 8.72. The van der Waals surface area contributed by atoms with E-state index in [0.717, 1.165) is 25.9 Å². The van der Waals surface area contributed by atoms with E-state index in [9.17, 15) is 9.59 Å². The predicted molar refractivity (Wildman–Crippen MR) is 70.0 cm³/mol. The largest absolute Gasteiger partial charge is 0.339 e. The highest BCUT2D eigenvalue weighted by molar-refractivity contribution is 5.80. The molecular formula is C14H24N2O2. The average molecular weight is 252 g/mol. The van der Waals surface area contributed by atoms with Crippen LogP contribution in [0.3, 0.4) is 0 Å². The summed E-state index contributed by atoms with van der Waals surface area (Å²) in [5, 5.41) is 0. The number of piperazine rings is 1. The average Bonchev–Trinajstić information content (AvgIpc) is 2.47. The third-order valence-corrected chi connectivity index (χ3v) is 4.20. The minimum Gasteiger partial charge on any atom is -0.339 e. The number of hydrogen-bond donors (Lipinski definition) is 0. The first-order valence-electron chi connectivity index (χ1n) is 7.29. The van der Waals surface area contributed by atoms with Gasteiger partial charge < -0.3 is 9.80 Å². The van der Waals surface area contributed by atoms with Gasteiger partial charge in [0.1, 0.15) is 0 Å². The molecule has 1 saturated carbocycles. The summed E-state index contributed by atoms with van der Waals surface area (Å²) < 4.78 is 0. The van der Waals surface area contributed by atoms with E-state index in [0.29, 0.717) is 25.4 Å². The van der Waals surface area contributed by atoms with Gasteiger partial charge in [-0.25, -0.2) is 0 Å². The van der Waals surface area contributed by atoms with E-state index in [2.05, 4.69) is 0 Å². The number of nitrogens with zero attached hydrogens (tertiary/aromatic N) is 2. The second kappa shape index (κ2) is 6.21. The molecule has 0 aromatic rings. The Morgan fingerprint density at radius 3 is 2.06 bits per heavy atom. The minimum atomic E-state index is 0.208. The second-order valence-electron chi connectivity index (χ2n) is 5.39. The van der Waals surface area contributed by atoms with Crippen molar-refractivity contribution in [3.63, 3.8) is 0 Å². The van der Waals surface area contributed by atoms with Crippen LogP contribution in [-0.4, -0.2) is 47.8 Å². The van der Waals surface area contributed by atoms with Crippen LogP contribution in [0.15, 0.2) is 0 Å². The van der Waals surface area contributed by atoms with Gasteiger partial charge in [-0.2, -0.15) is 0 Å². The quantitative estimate of drug-likeness (QED) is 0.749. The molecule has 102 valence electrons. The van der Waals surface area contributed by atoms with Crippen molar-refractivity contribution >= 4 is 11.8 Å². The molecule has 0 unspecified atom stereocenters. The van der Waals surface area contributed by atoms with Crippen molar-refractivity contribution in [2.75, 3.05) is 26.2 Å². The number of amides is 2. The highest BCUT2D eigenvalue weighted by Crippen LogP contribution is 2.25. The molecule has 2 rings (SSSR count). The maximum atomic E-state index is 12.3. The van der Waals surface area contributed by atoms with Crippen molar-refractivity contribution in [2.45, 2.75) is 45.4 Å². The van der Waals surface area contributed by atoms with Crippen LogP contribution in [0.2, 0.25) is 0 Å². The molecule has 4 nitrogen and oxygen atoms in total. The van der Waals surface area contributed by atoms with Crippen molar-refractivity contribution < 1.29 is 9.59 Å². The van der Waals surface area contributed by atoms with Gasteiger partial charge in [0.15, 0.2) is 0 Å². The molecule has 0 aromatic heterocycles. The third-order valence-electron chi connectivity index (χ3n) is 4.20. The van der Waals surface area contributed by atoms with Gasteiger partial charge in [-0.1, -0.05) is 26.2 Å². The van der Waals surface area contributed by atoms with Gasteiger partial charge in [0.2, 0.25) is 11.8 Å². The van der Waals surface area contributed by atoms with Crippen LogP contribution < -0.4 is 0 Å². The van der Waals surface area contributed by atoms with Crippen LogP contribution in [0.5, 0.6) is 0 Å². The standard InChI is InChI=1S/C14H24N2O2/c1-2-13(17)15-8-10-16(11-9-15)14(18)12-6-4-3-5-7-12/h12H,2-11H2,1H3. The fraction of sp³-hybridized carbons (Fsp3) is 0.857. The van der Waals surface area contributed by atoms with Gasteiger partial charge in [-0.3, -0.25) is 9.59 Å². The van der Waals surface area contributed by atoms with E-state index < -0.39 is 0 Å². The lowest BCUT2D eigenvalue weighted by molar-refractivity contribution is -0.142. The summed E-state index contributed by atoms with van der Waals surface area (Å²) in [6.45, 7) is 4.76. The van der Waals surface area contributed by atoms with Crippen molar-refractivity contribution in [2.24, 2.45) is 5.92 Å². The molecule has 18 heavy (non-hydrogen) atoms. The van der Waals surface area contributed by atoms with Gasteiger partial charge in [-0.05, 0) is 12.8 Å². The molecule has 1 saturated heterocycles. The Morgan fingerprint density at radius 2 is 1.50 bits per heavy atom. The van der Waals surface area contributed by atoms with Gasteiger partial charge >= 0.3 is 0 Å². The van der Waals surface area contributed by atoms with Crippen LogP contribution in [-0.2, 0) is 9.59 Å². The summed E-state index contributed by atoms with van der Waals surface area (Å²) in [6.07, 6.45) is 6.37. The number of carbonyl (C=O) groups is 2. The Balaban J connectivity index is 1.81. The lowest BCUT2D eigenvalue weighted by Crippen LogP contribution is -2.52. The van der Waals surface area contributed by atoms with E-state index in [-0.39, 0.29) is 11.8 Å². The third kappa shape index (κ3) is 3.03. The zero-order valence-electron chi connectivity index (χ0n) is 11.4. The molecule has 1 aliphatic carbocycles. The number of carbonyl (C=O) groups excluding carboxylic acids is 2. The number of hydrogen-bond acceptors (Lipinski definition) is 2. The molecule has 0 atom stereocenters. The van der Waals surface area contributed by atoms with Crippen LogP contribution in [0.25, 0.3) is 0 Å². The lowest BCUT2D eigenvalue weighted by Gasteiger charge is -2.37. The normalized spacial score (nSPS) is 22.1. The molecule has 2 amide bonds. The van der Waals surface area contributed by atoms with Crippen LogP contribution >= 0.6 is 0 Å². The fourth-order valence-corrected chi connectivity index (χ4v) is 3.01. The Morgan fingerprint density at radius 1 is 0.944 bits per heavy atom. The molecule has 0 bridgehead atoms. The SMILES string of the molecule is CCC(=O)N1CCN(C(=O)C2CCCCC2)CC1. The molecule has 2 aliphatic rings. The van der Waals surface area contributed by atoms with Gasteiger partial charge in [0.05, 0.1) is 0 Å². The van der Waals surface area contributed by atoms with Crippen molar-refractivity contribution in [3.05, 3.63) is 0 Å². The molecule has 0 aromatic carbocycles. The first kappa shape index (κ1) is 13.4. The van der Waals surface area contributed by atoms with Crippen LogP contribution in [0, 0.1) is 5.92 Å². The van der Waals surface area contributed by atoms with Crippen molar-refractivity contribution in [3.8, 4) is 0 Å². The Labute approximate surface area is 109 Å². The Hall–Kier alpha value is -1.06. The molecule has 4 heteroatoms. The lowest BCUT2D eigenvalue weighted by atomic mass is 9.88. The van der Waals surface area contributed by atoms with E-state index in [1.807, 2.05) is 16.7 Å². The maximum Gasteiger partial charge on any atom is 0.225 e. The maximum absolute atomic E-state index is 12.3. The summed E-state index contributed by atoms with van der Waals surface area (Å²) >= 11 is 0.